The maximum atomic E-state index is 13.3. The fourth-order valence-electron chi connectivity index (χ4n) is 3.88. The first-order valence-electron chi connectivity index (χ1n) is 10.2. The van der Waals surface area contributed by atoms with Crippen molar-refractivity contribution >= 4 is 34.8 Å². The van der Waals surface area contributed by atoms with Crippen molar-refractivity contribution in [3.8, 4) is 0 Å². The van der Waals surface area contributed by atoms with Gasteiger partial charge in [-0.15, -0.1) is 0 Å². The number of aliphatic hydroxyl groups is 1. The molecule has 1 aliphatic rings. The second kappa shape index (κ2) is 8.92. The van der Waals surface area contributed by atoms with Crippen molar-refractivity contribution in [2.24, 2.45) is 0 Å². The third-order valence-corrected chi connectivity index (χ3v) is 5.85. The lowest BCUT2D eigenvalue weighted by Crippen LogP contribution is -2.32. The molecule has 1 atom stereocenters. The normalized spacial score (nSPS) is 15.7. The minimum atomic E-state index is -0.594. The topological polar surface area (TPSA) is 69.6 Å². The zero-order chi connectivity index (χ0) is 22.0. The maximum absolute atomic E-state index is 13.3. The van der Waals surface area contributed by atoms with Crippen LogP contribution in [-0.2, 0) is 0 Å². The van der Waals surface area contributed by atoms with E-state index in [1.165, 1.54) is 0 Å². The number of hydrogen-bond acceptors (Lipinski definition) is 3. The number of nitrogens with one attached hydrogen (secondary N) is 1. The van der Waals surface area contributed by atoms with Crippen LogP contribution in [0.5, 0.6) is 0 Å². The van der Waals surface area contributed by atoms with E-state index in [1.54, 1.807) is 29.2 Å². The molecule has 0 fully saturated rings. The number of aliphatic hydroxyl groups excluding tert-OH is 1. The molecule has 0 aromatic heterocycles. The number of para-hydroxylation sites is 1. The van der Waals surface area contributed by atoms with E-state index < -0.39 is 6.10 Å². The van der Waals surface area contributed by atoms with Gasteiger partial charge in [-0.25, -0.2) is 0 Å². The molecule has 2 amide bonds. The Balaban J connectivity index is 1.58. The number of anilines is 2. The molecule has 0 radical (unpaired) electrons. The molecule has 1 aliphatic heterocycles. The lowest BCUT2D eigenvalue weighted by atomic mass is 10.0. The van der Waals surface area contributed by atoms with Gasteiger partial charge in [0.25, 0.3) is 11.8 Å². The summed E-state index contributed by atoms with van der Waals surface area (Å²) in [5.74, 6) is -0.466. The molecule has 3 aromatic carbocycles. The van der Waals surface area contributed by atoms with Gasteiger partial charge in [-0.1, -0.05) is 48.0 Å². The molecule has 0 saturated heterocycles. The highest BCUT2D eigenvalue weighted by molar-refractivity contribution is 6.35. The molecule has 5 nitrogen and oxygen atoms in total. The second-order valence-corrected chi connectivity index (χ2v) is 8.04. The summed E-state index contributed by atoms with van der Waals surface area (Å²) in [5.41, 5.74) is 3.76. The van der Waals surface area contributed by atoms with Gasteiger partial charge in [0.05, 0.1) is 16.7 Å². The zero-order valence-corrected chi connectivity index (χ0v) is 17.9. The lowest BCUT2D eigenvalue weighted by molar-refractivity contribution is 0.0985. The molecule has 0 bridgehead atoms. The summed E-state index contributed by atoms with van der Waals surface area (Å²) in [6.07, 6.45) is 0.686. The average Bonchev–Trinajstić information content (AvgIpc) is 2.93. The lowest BCUT2D eigenvalue weighted by Gasteiger charge is -2.24. The third-order valence-electron chi connectivity index (χ3n) is 5.54. The summed E-state index contributed by atoms with van der Waals surface area (Å²) >= 11 is 6.45. The van der Waals surface area contributed by atoms with Crippen molar-refractivity contribution in [2.75, 3.05) is 16.8 Å². The molecule has 1 unspecified atom stereocenters. The highest BCUT2D eigenvalue weighted by Crippen LogP contribution is 2.34. The molecule has 158 valence electrons. The number of carbonyl (C=O) groups excluding carboxylic acids is 2. The molecule has 1 heterocycles. The molecule has 6 heteroatoms. The largest absolute Gasteiger partial charge is 0.388 e. The molecular formula is C25H23ClN2O3. The first-order chi connectivity index (χ1) is 15.0. The number of amides is 2. The summed E-state index contributed by atoms with van der Waals surface area (Å²) in [6, 6.07) is 19.6. The van der Waals surface area contributed by atoms with E-state index in [4.69, 9.17) is 11.6 Å². The molecule has 3 aromatic rings. The van der Waals surface area contributed by atoms with Gasteiger partial charge in [-0.2, -0.15) is 0 Å². The number of halogens is 1. The van der Waals surface area contributed by atoms with Gasteiger partial charge in [0, 0.05) is 29.0 Å². The number of nitrogens with zero attached hydrogens (tertiary/aromatic N) is 1. The van der Waals surface area contributed by atoms with Crippen molar-refractivity contribution in [3.63, 3.8) is 0 Å². The highest BCUT2D eigenvalue weighted by Gasteiger charge is 2.27. The van der Waals surface area contributed by atoms with Crippen LogP contribution in [0.3, 0.4) is 0 Å². The Bertz CT molecular complexity index is 1150. The summed E-state index contributed by atoms with van der Waals surface area (Å²) < 4.78 is 0. The molecule has 0 saturated carbocycles. The predicted octanol–water partition coefficient (Wildman–Crippen LogP) is 5.37. The van der Waals surface area contributed by atoms with Crippen LogP contribution < -0.4 is 10.2 Å². The van der Waals surface area contributed by atoms with E-state index in [0.717, 1.165) is 11.1 Å². The van der Waals surface area contributed by atoms with E-state index in [1.807, 2.05) is 49.4 Å². The van der Waals surface area contributed by atoms with Gasteiger partial charge < -0.3 is 15.3 Å². The fourth-order valence-corrected chi connectivity index (χ4v) is 4.14. The van der Waals surface area contributed by atoms with Gasteiger partial charge in [-0.05, 0) is 55.7 Å². The molecule has 0 spiro atoms. The minimum absolute atomic E-state index is 0.233. The van der Waals surface area contributed by atoms with Crippen LogP contribution in [0, 0.1) is 6.92 Å². The Hall–Kier alpha value is -3.15. The van der Waals surface area contributed by atoms with E-state index in [-0.39, 0.29) is 16.8 Å². The van der Waals surface area contributed by atoms with Crippen LogP contribution in [0.2, 0.25) is 5.02 Å². The van der Waals surface area contributed by atoms with Gasteiger partial charge in [0.2, 0.25) is 0 Å². The van der Waals surface area contributed by atoms with Gasteiger partial charge in [0.15, 0.2) is 0 Å². The van der Waals surface area contributed by atoms with Crippen LogP contribution in [0.15, 0.2) is 66.7 Å². The molecule has 2 N–H and O–H groups in total. The van der Waals surface area contributed by atoms with Crippen LogP contribution in [0.25, 0.3) is 0 Å². The van der Waals surface area contributed by atoms with Crippen LogP contribution in [0.1, 0.15) is 50.8 Å². The summed E-state index contributed by atoms with van der Waals surface area (Å²) in [5, 5.41) is 13.5. The van der Waals surface area contributed by atoms with E-state index >= 15 is 0 Å². The number of carbonyl (C=O) groups is 2. The van der Waals surface area contributed by atoms with E-state index in [9.17, 15) is 14.7 Å². The highest BCUT2D eigenvalue weighted by atomic mass is 35.5. The van der Waals surface area contributed by atoms with Gasteiger partial charge >= 0.3 is 0 Å². The fraction of sp³-hybridized carbons (Fsp3) is 0.200. The number of rotatable bonds is 3. The van der Waals surface area contributed by atoms with Crippen molar-refractivity contribution in [3.05, 3.63) is 94.0 Å². The number of aryl methyl sites for hydroxylation is 1. The van der Waals surface area contributed by atoms with Crippen molar-refractivity contribution < 1.29 is 14.7 Å². The van der Waals surface area contributed by atoms with Crippen LogP contribution >= 0.6 is 11.6 Å². The Kier molecular flexibility index (Phi) is 6.07. The van der Waals surface area contributed by atoms with Gasteiger partial charge in [0.1, 0.15) is 0 Å². The van der Waals surface area contributed by atoms with Crippen LogP contribution in [0.4, 0.5) is 11.4 Å². The SMILES string of the molecule is Cc1ccccc1C(=O)Nc1ccc(C(=O)N2CCCC(O)c3ccccc32)c(Cl)c1. The Morgan fingerprint density at radius 2 is 1.77 bits per heavy atom. The quantitative estimate of drug-likeness (QED) is 0.581. The van der Waals surface area contributed by atoms with Crippen molar-refractivity contribution in [1.29, 1.82) is 0 Å². The van der Waals surface area contributed by atoms with E-state index in [2.05, 4.69) is 5.32 Å². The molecule has 0 aliphatic carbocycles. The Morgan fingerprint density at radius 1 is 1.03 bits per heavy atom. The number of hydrogen-bond donors (Lipinski definition) is 2. The number of fused-ring (bicyclic) bond motifs is 1. The predicted molar refractivity (Wildman–Crippen MR) is 123 cm³/mol. The Labute approximate surface area is 186 Å². The second-order valence-electron chi connectivity index (χ2n) is 7.64. The Morgan fingerprint density at radius 3 is 2.55 bits per heavy atom. The smallest absolute Gasteiger partial charge is 0.259 e. The zero-order valence-electron chi connectivity index (χ0n) is 17.1. The molecular weight excluding hydrogens is 412 g/mol. The summed E-state index contributed by atoms with van der Waals surface area (Å²) in [4.78, 5) is 27.5. The first kappa shape index (κ1) is 21.1. The average molecular weight is 435 g/mol. The minimum Gasteiger partial charge on any atom is -0.388 e. The number of benzene rings is 3. The monoisotopic (exact) mass is 434 g/mol. The third kappa shape index (κ3) is 4.33. The first-order valence-corrected chi connectivity index (χ1v) is 10.6. The maximum Gasteiger partial charge on any atom is 0.259 e. The molecule has 4 rings (SSSR count). The standard InChI is InChI=1S/C25H23ClN2O3/c1-16-7-2-3-8-18(16)24(30)27-17-12-13-19(21(26)15-17)25(31)28-14-6-11-23(29)20-9-4-5-10-22(20)28/h2-5,7-10,12-13,15,23,29H,6,11,14H2,1H3,(H,27,30). The van der Waals surface area contributed by atoms with Crippen molar-refractivity contribution in [2.45, 2.75) is 25.9 Å². The summed E-state index contributed by atoms with van der Waals surface area (Å²) in [7, 11) is 0. The van der Waals surface area contributed by atoms with Crippen LogP contribution in [-0.4, -0.2) is 23.5 Å². The van der Waals surface area contributed by atoms with Crippen molar-refractivity contribution in [1.82, 2.24) is 0 Å². The summed E-state index contributed by atoms with van der Waals surface area (Å²) in [6.45, 7) is 2.37. The molecule has 31 heavy (non-hydrogen) atoms. The van der Waals surface area contributed by atoms with Gasteiger partial charge in [-0.3, -0.25) is 9.59 Å². The van der Waals surface area contributed by atoms with E-state index in [0.29, 0.717) is 41.9 Å².